The second-order valence-electron chi connectivity index (χ2n) is 6.97. The molecule has 0 spiro atoms. The number of halogens is 2. The van der Waals surface area contributed by atoms with E-state index < -0.39 is 0 Å². The van der Waals surface area contributed by atoms with E-state index in [9.17, 15) is 9.18 Å². The highest BCUT2D eigenvalue weighted by Crippen LogP contribution is 2.38. The molecule has 1 aromatic carbocycles. The minimum atomic E-state index is -0.362. The Bertz CT molecular complexity index is 657. The molecule has 1 fully saturated rings. The van der Waals surface area contributed by atoms with Gasteiger partial charge in [-0.3, -0.25) is 4.79 Å². The molecule has 1 saturated carbocycles. The number of rotatable bonds is 6. The first-order valence-electron chi connectivity index (χ1n) is 9.06. The summed E-state index contributed by atoms with van der Waals surface area (Å²) in [7, 11) is 3.62. The van der Waals surface area contributed by atoms with Gasteiger partial charge in [-0.1, -0.05) is 28.8 Å². The zero-order valence-electron chi connectivity index (χ0n) is 15.7. The van der Waals surface area contributed by atoms with Gasteiger partial charge >= 0.3 is 0 Å². The largest absolute Gasteiger partial charge is 0.357 e. The number of aliphatic imine (C=N–C) groups is 1. The zero-order chi connectivity index (χ0) is 19.2. The van der Waals surface area contributed by atoms with Crippen LogP contribution in [0.3, 0.4) is 0 Å². The highest BCUT2D eigenvalue weighted by atomic mass is 79.9. The molecule has 1 aliphatic carbocycles. The topological polar surface area (TPSA) is 56.7 Å². The molecule has 0 bridgehead atoms. The van der Waals surface area contributed by atoms with Crippen molar-refractivity contribution in [1.29, 1.82) is 0 Å². The van der Waals surface area contributed by atoms with Crippen LogP contribution in [0.5, 0.6) is 0 Å². The molecule has 2 rings (SSSR count). The molecular formula is C19H28BrFN4O. The number of carbonyl (C=O) groups is 1. The second-order valence-corrected chi connectivity index (χ2v) is 7.83. The van der Waals surface area contributed by atoms with Crippen LogP contribution in [-0.2, 0) is 11.3 Å². The van der Waals surface area contributed by atoms with E-state index in [-0.39, 0.29) is 17.1 Å². The lowest BCUT2D eigenvalue weighted by molar-refractivity contribution is -0.138. The summed E-state index contributed by atoms with van der Waals surface area (Å²) < 4.78 is 14.3. The number of amides is 1. The van der Waals surface area contributed by atoms with E-state index in [0.717, 1.165) is 35.7 Å². The smallest absolute Gasteiger partial charge is 0.230 e. The molecule has 0 aromatic heterocycles. The minimum Gasteiger partial charge on any atom is -0.357 e. The van der Waals surface area contributed by atoms with Crippen molar-refractivity contribution >= 4 is 27.8 Å². The predicted molar refractivity (Wildman–Crippen MR) is 107 cm³/mol. The maximum atomic E-state index is 13.4. The third kappa shape index (κ3) is 5.19. The molecule has 7 heteroatoms. The molecule has 0 atom stereocenters. The van der Waals surface area contributed by atoms with E-state index in [1.807, 2.05) is 21.0 Å². The number of nitrogens with zero attached hydrogens (tertiary/aromatic N) is 2. The van der Waals surface area contributed by atoms with Crippen molar-refractivity contribution < 1.29 is 9.18 Å². The number of hydrogen-bond acceptors (Lipinski definition) is 2. The van der Waals surface area contributed by atoms with E-state index in [1.165, 1.54) is 12.1 Å². The van der Waals surface area contributed by atoms with Crippen molar-refractivity contribution in [1.82, 2.24) is 15.5 Å². The van der Waals surface area contributed by atoms with Gasteiger partial charge in [-0.2, -0.15) is 0 Å². The summed E-state index contributed by atoms with van der Waals surface area (Å²) in [5.41, 5.74) is 0.418. The van der Waals surface area contributed by atoms with Gasteiger partial charge in [0.2, 0.25) is 5.91 Å². The van der Waals surface area contributed by atoms with Crippen LogP contribution in [0.2, 0.25) is 0 Å². The molecule has 0 saturated heterocycles. The minimum absolute atomic E-state index is 0.172. The van der Waals surface area contributed by atoms with E-state index in [4.69, 9.17) is 0 Å². The highest BCUT2D eigenvalue weighted by Gasteiger charge is 2.42. The third-order valence-electron chi connectivity index (χ3n) is 4.77. The molecule has 2 N–H and O–H groups in total. The number of carbonyl (C=O) groups excluding carboxylic acids is 1. The average Bonchev–Trinajstić information content (AvgIpc) is 3.09. The van der Waals surface area contributed by atoms with Crippen LogP contribution >= 0.6 is 15.9 Å². The van der Waals surface area contributed by atoms with Gasteiger partial charge in [0.25, 0.3) is 0 Å². The summed E-state index contributed by atoms with van der Waals surface area (Å²) in [6.45, 7) is 3.61. The van der Waals surface area contributed by atoms with Crippen molar-refractivity contribution in [2.75, 3.05) is 27.2 Å². The Morgan fingerprint density at radius 1 is 1.31 bits per heavy atom. The lowest BCUT2D eigenvalue weighted by Crippen LogP contribution is -2.49. The zero-order valence-corrected chi connectivity index (χ0v) is 17.3. The van der Waals surface area contributed by atoms with E-state index >= 15 is 0 Å². The summed E-state index contributed by atoms with van der Waals surface area (Å²) in [5.74, 6) is 0.533. The van der Waals surface area contributed by atoms with Crippen LogP contribution in [0.4, 0.5) is 4.39 Å². The molecule has 26 heavy (non-hydrogen) atoms. The SMILES string of the molecule is CCNC(=NCc1cc(F)ccc1Br)NCC1(C(=O)N(C)C)CCCC1. The Labute approximate surface area is 163 Å². The van der Waals surface area contributed by atoms with Crippen LogP contribution in [0.25, 0.3) is 0 Å². The maximum Gasteiger partial charge on any atom is 0.230 e. The van der Waals surface area contributed by atoms with Crippen LogP contribution in [-0.4, -0.2) is 44.0 Å². The second kappa shape index (κ2) is 9.35. The molecule has 0 heterocycles. The Balaban J connectivity index is 2.09. The first kappa shape index (κ1) is 20.7. The van der Waals surface area contributed by atoms with Crippen LogP contribution in [0.1, 0.15) is 38.2 Å². The van der Waals surface area contributed by atoms with Crippen molar-refractivity contribution in [2.24, 2.45) is 10.4 Å². The maximum absolute atomic E-state index is 13.4. The number of hydrogen-bond donors (Lipinski definition) is 2. The van der Waals surface area contributed by atoms with Gasteiger partial charge in [-0.25, -0.2) is 9.38 Å². The lowest BCUT2D eigenvalue weighted by Gasteiger charge is -2.31. The molecule has 144 valence electrons. The van der Waals surface area contributed by atoms with Crippen LogP contribution < -0.4 is 10.6 Å². The number of nitrogens with one attached hydrogen (secondary N) is 2. The van der Waals surface area contributed by atoms with Gasteiger partial charge in [0, 0.05) is 31.7 Å². The molecule has 1 aliphatic rings. The summed E-state index contributed by atoms with van der Waals surface area (Å²) in [6, 6.07) is 4.58. The molecule has 0 unspecified atom stereocenters. The Morgan fingerprint density at radius 2 is 2.00 bits per heavy atom. The molecule has 1 aromatic rings. The van der Waals surface area contributed by atoms with Crippen molar-refractivity contribution in [3.8, 4) is 0 Å². The fourth-order valence-corrected chi connectivity index (χ4v) is 3.79. The Morgan fingerprint density at radius 3 is 2.62 bits per heavy atom. The van der Waals surface area contributed by atoms with Gasteiger partial charge in [-0.05, 0) is 43.5 Å². The molecule has 0 aliphatic heterocycles. The Kier molecular flexibility index (Phi) is 7.43. The molecular weight excluding hydrogens is 399 g/mol. The van der Waals surface area contributed by atoms with Crippen LogP contribution in [0.15, 0.2) is 27.7 Å². The van der Waals surface area contributed by atoms with Gasteiger partial charge in [0.15, 0.2) is 5.96 Å². The predicted octanol–water partition coefficient (Wildman–Crippen LogP) is 3.29. The standard InChI is InChI=1S/C19H28BrFN4O/c1-4-22-18(23-12-14-11-15(21)7-8-16(14)20)24-13-19(9-5-6-10-19)17(26)25(2)3/h7-8,11H,4-6,9-10,12-13H2,1-3H3,(H2,22,23,24). The van der Waals surface area contributed by atoms with Gasteiger partial charge < -0.3 is 15.5 Å². The first-order chi connectivity index (χ1) is 12.4. The normalized spacial score (nSPS) is 16.4. The number of guanidine groups is 1. The molecule has 1 amide bonds. The molecule has 0 radical (unpaired) electrons. The van der Waals surface area contributed by atoms with E-state index in [2.05, 4.69) is 31.6 Å². The first-order valence-corrected chi connectivity index (χ1v) is 9.85. The fourth-order valence-electron chi connectivity index (χ4n) is 3.42. The summed E-state index contributed by atoms with van der Waals surface area (Å²) in [6.07, 6.45) is 3.94. The van der Waals surface area contributed by atoms with Crippen molar-refractivity contribution in [3.05, 3.63) is 34.1 Å². The summed E-state index contributed by atoms with van der Waals surface area (Å²) >= 11 is 3.43. The summed E-state index contributed by atoms with van der Waals surface area (Å²) in [4.78, 5) is 18.9. The highest BCUT2D eigenvalue weighted by molar-refractivity contribution is 9.10. The van der Waals surface area contributed by atoms with E-state index in [0.29, 0.717) is 25.6 Å². The van der Waals surface area contributed by atoms with Crippen molar-refractivity contribution in [3.63, 3.8) is 0 Å². The number of benzene rings is 1. The monoisotopic (exact) mass is 426 g/mol. The Hall–Kier alpha value is -1.63. The lowest BCUT2D eigenvalue weighted by atomic mass is 9.84. The quantitative estimate of drug-likeness (QED) is 0.541. The van der Waals surface area contributed by atoms with Gasteiger partial charge in [0.1, 0.15) is 5.82 Å². The summed E-state index contributed by atoms with van der Waals surface area (Å²) in [5, 5.41) is 6.53. The van der Waals surface area contributed by atoms with Crippen molar-refractivity contribution in [2.45, 2.75) is 39.2 Å². The van der Waals surface area contributed by atoms with Gasteiger partial charge in [0.05, 0.1) is 12.0 Å². The molecule has 5 nitrogen and oxygen atoms in total. The van der Waals surface area contributed by atoms with Crippen LogP contribution in [0, 0.1) is 11.2 Å². The van der Waals surface area contributed by atoms with Gasteiger partial charge in [-0.15, -0.1) is 0 Å². The average molecular weight is 427 g/mol. The third-order valence-corrected chi connectivity index (χ3v) is 5.55. The fraction of sp³-hybridized carbons (Fsp3) is 0.579. The van der Waals surface area contributed by atoms with E-state index in [1.54, 1.807) is 11.0 Å².